The minimum atomic E-state index is -0.0707. The quantitative estimate of drug-likeness (QED) is 0.437. The Morgan fingerprint density at radius 1 is 0.844 bits per heavy atom. The highest BCUT2D eigenvalue weighted by molar-refractivity contribution is 7.80. The van der Waals surface area contributed by atoms with Crippen molar-refractivity contribution < 1.29 is 0 Å². The molecule has 1 fully saturated rings. The molecule has 32 heavy (non-hydrogen) atoms. The molecule has 160 valence electrons. The van der Waals surface area contributed by atoms with Gasteiger partial charge in [-0.1, -0.05) is 24.3 Å². The van der Waals surface area contributed by atoms with Gasteiger partial charge in [0.15, 0.2) is 5.11 Å². The minimum absolute atomic E-state index is 0.0525. The van der Waals surface area contributed by atoms with Crippen LogP contribution in [0.2, 0.25) is 0 Å². The molecule has 1 saturated heterocycles. The molecule has 0 unspecified atom stereocenters. The normalized spacial score (nSPS) is 17.9. The fourth-order valence-corrected chi connectivity index (χ4v) is 4.65. The molecular weight excluding hydrogens is 414 g/mol. The van der Waals surface area contributed by atoms with Gasteiger partial charge in [-0.2, -0.15) is 0 Å². The molecule has 5 rings (SSSR count). The van der Waals surface area contributed by atoms with E-state index in [1.165, 1.54) is 5.69 Å². The van der Waals surface area contributed by atoms with Crippen LogP contribution in [0.1, 0.15) is 23.5 Å². The lowest BCUT2D eigenvalue weighted by molar-refractivity contribution is 0.549. The van der Waals surface area contributed by atoms with Gasteiger partial charge in [0.1, 0.15) is 6.04 Å². The van der Waals surface area contributed by atoms with Gasteiger partial charge in [0, 0.05) is 49.2 Å². The van der Waals surface area contributed by atoms with E-state index in [0.717, 1.165) is 22.8 Å². The summed E-state index contributed by atoms with van der Waals surface area (Å²) >= 11 is 5.83. The van der Waals surface area contributed by atoms with Crippen LogP contribution in [-0.4, -0.2) is 28.8 Å². The first-order valence-electron chi connectivity index (χ1n) is 10.6. The SMILES string of the molecule is CN(C)c1ccc(-n2cccc2[C@H]2[C@H](c3ccccn3)NC(=S)N2c2ccccc2)cc1. The third-order valence-corrected chi connectivity index (χ3v) is 6.17. The van der Waals surface area contributed by atoms with Crippen molar-refractivity contribution in [2.24, 2.45) is 0 Å². The van der Waals surface area contributed by atoms with Crippen LogP contribution >= 0.6 is 12.2 Å². The van der Waals surface area contributed by atoms with Crippen molar-refractivity contribution in [1.29, 1.82) is 0 Å². The van der Waals surface area contributed by atoms with E-state index in [-0.39, 0.29) is 12.1 Å². The second-order valence-electron chi connectivity index (χ2n) is 8.05. The molecular formula is C26H25N5S. The Hall–Kier alpha value is -3.64. The lowest BCUT2D eigenvalue weighted by Crippen LogP contribution is -2.30. The van der Waals surface area contributed by atoms with Crippen LogP contribution in [0.15, 0.2) is 97.3 Å². The lowest BCUT2D eigenvalue weighted by atomic mass is 10.0. The fraction of sp³-hybridized carbons (Fsp3) is 0.154. The molecule has 0 bridgehead atoms. The summed E-state index contributed by atoms with van der Waals surface area (Å²) in [6, 6.07) is 29.1. The smallest absolute Gasteiger partial charge is 0.174 e. The van der Waals surface area contributed by atoms with Crippen LogP contribution in [0.5, 0.6) is 0 Å². The summed E-state index contributed by atoms with van der Waals surface area (Å²) in [5, 5.41) is 4.24. The highest BCUT2D eigenvalue weighted by atomic mass is 32.1. The van der Waals surface area contributed by atoms with Gasteiger partial charge in [0.2, 0.25) is 0 Å². The molecule has 0 amide bonds. The monoisotopic (exact) mass is 439 g/mol. The fourth-order valence-electron chi connectivity index (χ4n) is 4.30. The number of thiocarbonyl (C=S) groups is 1. The van der Waals surface area contributed by atoms with Crippen LogP contribution in [0.3, 0.4) is 0 Å². The summed E-state index contributed by atoms with van der Waals surface area (Å²) in [7, 11) is 4.10. The van der Waals surface area contributed by atoms with Crippen molar-refractivity contribution in [2.75, 3.05) is 23.9 Å². The van der Waals surface area contributed by atoms with Gasteiger partial charge in [0.05, 0.1) is 11.7 Å². The predicted octanol–water partition coefficient (Wildman–Crippen LogP) is 5.12. The molecule has 2 aromatic carbocycles. The van der Waals surface area contributed by atoms with Crippen LogP contribution < -0.4 is 15.1 Å². The van der Waals surface area contributed by atoms with E-state index in [4.69, 9.17) is 12.2 Å². The van der Waals surface area contributed by atoms with Crippen molar-refractivity contribution in [3.8, 4) is 5.69 Å². The summed E-state index contributed by atoms with van der Waals surface area (Å²) in [6.45, 7) is 0. The van der Waals surface area contributed by atoms with Gasteiger partial charge in [-0.25, -0.2) is 0 Å². The number of hydrogen-bond donors (Lipinski definition) is 1. The topological polar surface area (TPSA) is 36.3 Å². The first kappa shape index (κ1) is 20.3. The summed E-state index contributed by atoms with van der Waals surface area (Å²) < 4.78 is 2.24. The predicted molar refractivity (Wildman–Crippen MR) is 134 cm³/mol. The maximum Gasteiger partial charge on any atom is 0.174 e. The molecule has 0 radical (unpaired) electrons. The first-order chi connectivity index (χ1) is 15.6. The largest absolute Gasteiger partial charge is 0.378 e. The molecule has 0 spiro atoms. The minimum Gasteiger partial charge on any atom is -0.378 e. The zero-order valence-corrected chi connectivity index (χ0v) is 18.9. The lowest BCUT2D eigenvalue weighted by Gasteiger charge is -2.29. The van der Waals surface area contributed by atoms with E-state index in [0.29, 0.717) is 5.11 Å². The average molecular weight is 440 g/mol. The Balaban J connectivity index is 1.63. The van der Waals surface area contributed by atoms with Crippen LogP contribution in [0.25, 0.3) is 5.69 Å². The number of anilines is 2. The summed E-state index contributed by atoms with van der Waals surface area (Å²) in [5.41, 5.74) is 5.46. The van der Waals surface area contributed by atoms with Crippen LogP contribution in [0, 0.1) is 0 Å². The Labute approximate surface area is 193 Å². The highest BCUT2D eigenvalue weighted by Crippen LogP contribution is 2.42. The van der Waals surface area contributed by atoms with Gasteiger partial charge < -0.3 is 19.7 Å². The number of rotatable bonds is 5. The molecule has 3 heterocycles. The summed E-state index contributed by atoms with van der Waals surface area (Å²) in [6.07, 6.45) is 3.95. The Bertz CT molecular complexity index is 1200. The molecule has 5 nitrogen and oxygen atoms in total. The molecule has 2 aromatic heterocycles. The van der Waals surface area contributed by atoms with Crippen molar-refractivity contribution in [3.05, 3.63) is 109 Å². The molecule has 0 aliphatic carbocycles. The Morgan fingerprint density at radius 3 is 2.28 bits per heavy atom. The first-order valence-corrected chi connectivity index (χ1v) is 11.0. The van der Waals surface area contributed by atoms with Gasteiger partial charge in [0.25, 0.3) is 0 Å². The van der Waals surface area contributed by atoms with E-state index >= 15 is 0 Å². The number of para-hydroxylation sites is 1. The standard InChI is InChI=1S/C26H25N5S/c1-29(2)19-13-15-20(16-14-19)30-18-8-12-23(30)25-24(22-11-6-7-17-27-22)28-26(32)31(25)21-9-4-3-5-10-21/h3-18,24-25H,1-2H3,(H,28,32)/t24-,25-/m0/s1. The summed E-state index contributed by atoms with van der Waals surface area (Å²) in [5.74, 6) is 0. The number of aromatic nitrogens is 2. The van der Waals surface area contributed by atoms with Crippen molar-refractivity contribution in [1.82, 2.24) is 14.9 Å². The van der Waals surface area contributed by atoms with Crippen molar-refractivity contribution >= 4 is 28.7 Å². The average Bonchev–Trinajstić information content (AvgIpc) is 3.44. The maximum atomic E-state index is 5.83. The molecule has 2 atom stereocenters. The molecule has 4 aromatic rings. The van der Waals surface area contributed by atoms with E-state index < -0.39 is 0 Å². The van der Waals surface area contributed by atoms with Gasteiger partial charge in [-0.3, -0.25) is 4.98 Å². The molecule has 6 heteroatoms. The second kappa shape index (κ2) is 8.48. The van der Waals surface area contributed by atoms with Crippen molar-refractivity contribution in [2.45, 2.75) is 12.1 Å². The molecule has 1 N–H and O–H groups in total. The third-order valence-electron chi connectivity index (χ3n) is 5.86. The number of pyridine rings is 1. The third kappa shape index (κ3) is 3.63. The summed E-state index contributed by atoms with van der Waals surface area (Å²) in [4.78, 5) is 8.96. The Morgan fingerprint density at radius 2 is 1.59 bits per heavy atom. The second-order valence-corrected chi connectivity index (χ2v) is 8.43. The van der Waals surface area contributed by atoms with Gasteiger partial charge >= 0.3 is 0 Å². The molecule has 1 aliphatic rings. The number of benzene rings is 2. The maximum absolute atomic E-state index is 5.83. The Kier molecular flexibility index (Phi) is 5.37. The van der Waals surface area contributed by atoms with E-state index in [9.17, 15) is 0 Å². The van der Waals surface area contributed by atoms with Crippen LogP contribution in [-0.2, 0) is 0 Å². The van der Waals surface area contributed by atoms with E-state index in [1.54, 1.807) is 0 Å². The molecule has 1 aliphatic heterocycles. The number of hydrogen-bond acceptors (Lipinski definition) is 3. The van der Waals surface area contributed by atoms with Gasteiger partial charge in [-0.05, 0) is 72.9 Å². The van der Waals surface area contributed by atoms with E-state index in [2.05, 4.69) is 99.6 Å². The zero-order valence-electron chi connectivity index (χ0n) is 18.1. The number of nitrogens with zero attached hydrogens (tertiary/aromatic N) is 4. The highest BCUT2D eigenvalue weighted by Gasteiger charge is 2.42. The van der Waals surface area contributed by atoms with Gasteiger partial charge in [-0.15, -0.1) is 0 Å². The number of nitrogens with one attached hydrogen (secondary N) is 1. The molecule has 0 saturated carbocycles. The zero-order chi connectivity index (χ0) is 22.1. The van der Waals surface area contributed by atoms with Crippen LogP contribution in [0.4, 0.5) is 11.4 Å². The van der Waals surface area contributed by atoms with E-state index in [1.807, 2.05) is 36.5 Å². The van der Waals surface area contributed by atoms with Crippen molar-refractivity contribution in [3.63, 3.8) is 0 Å².